The number of para-hydroxylation sites is 2. The molecule has 0 aliphatic rings. The van der Waals surface area contributed by atoms with Crippen molar-refractivity contribution in [1.82, 2.24) is 10.3 Å². The molecule has 4 aromatic carbocycles. The van der Waals surface area contributed by atoms with Crippen LogP contribution < -0.4 is 15.0 Å². The molecule has 242 valence electrons. The predicted molar refractivity (Wildman–Crippen MR) is 169 cm³/mol. The van der Waals surface area contributed by atoms with E-state index in [9.17, 15) is 22.4 Å². The molecule has 13 heteroatoms. The van der Waals surface area contributed by atoms with E-state index in [1.54, 1.807) is 50.5 Å². The molecule has 6 rings (SSSR count). The summed E-state index contributed by atoms with van der Waals surface area (Å²) in [6, 6.07) is 20.1. The average Bonchev–Trinajstić information content (AvgIpc) is 3.67. The third kappa shape index (κ3) is 6.98. The Morgan fingerprint density at radius 2 is 1.51 bits per heavy atom. The van der Waals surface area contributed by atoms with E-state index in [0.29, 0.717) is 44.4 Å². The Balaban J connectivity index is 0.00000120. The number of aromatic nitrogens is 1. The first kappa shape index (κ1) is 33.9. The number of fused-ring (bicyclic) bond motifs is 2. The SMILES string of the molecule is C=O.C=O.CNC(=O)c1c(-c2ccc(F)cc2)oc2cc(N(C)C)c(-c3ccc(OC(F)(F)F)c(-c4nc5ccccc5o4)c3)cc12. The van der Waals surface area contributed by atoms with Gasteiger partial charge in [-0.2, -0.15) is 0 Å². The normalized spacial score (nSPS) is 10.9. The predicted octanol–water partition coefficient (Wildman–Crippen LogP) is 7.67. The lowest BCUT2D eigenvalue weighted by molar-refractivity contribution is -0.274. The van der Waals surface area contributed by atoms with Crippen molar-refractivity contribution in [2.24, 2.45) is 0 Å². The molecule has 0 saturated carbocycles. The van der Waals surface area contributed by atoms with Crippen molar-refractivity contribution in [3.05, 3.63) is 90.2 Å². The number of ether oxygens (including phenoxy) is 1. The highest BCUT2D eigenvalue weighted by atomic mass is 19.4. The second kappa shape index (κ2) is 14.0. The van der Waals surface area contributed by atoms with E-state index < -0.39 is 23.8 Å². The van der Waals surface area contributed by atoms with Crippen molar-refractivity contribution in [2.75, 3.05) is 26.0 Å². The lowest BCUT2D eigenvalue weighted by atomic mass is 9.96. The van der Waals surface area contributed by atoms with Crippen LogP contribution in [0.2, 0.25) is 0 Å². The average molecular weight is 650 g/mol. The summed E-state index contributed by atoms with van der Waals surface area (Å²) in [5, 5.41) is 3.08. The van der Waals surface area contributed by atoms with Gasteiger partial charge in [-0.25, -0.2) is 9.37 Å². The van der Waals surface area contributed by atoms with Gasteiger partial charge in [0.1, 0.15) is 42.0 Å². The topological polar surface area (TPSA) is 115 Å². The number of nitrogens with zero attached hydrogens (tertiary/aromatic N) is 2. The highest BCUT2D eigenvalue weighted by Gasteiger charge is 2.33. The van der Waals surface area contributed by atoms with E-state index in [2.05, 4.69) is 15.0 Å². The van der Waals surface area contributed by atoms with Gasteiger partial charge >= 0.3 is 6.36 Å². The van der Waals surface area contributed by atoms with Crippen LogP contribution in [0, 0.1) is 5.82 Å². The molecule has 2 aromatic heterocycles. The summed E-state index contributed by atoms with van der Waals surface area (Å²) < 4.78 is 70.1. The van der Waals surface area contributed by atoms with Gasteiger partial charge in [0.2, 0.25) is 5.89 Å². The Hall–Kier alpha value is -5.98. The molecule has 0 radical (unpaired) electrons. The molecule has 0 unspecified atom stereocenters. The van der Waals surface area contributed by atoms with Crippen molar-refractivity contribution in [1.29, 1.82) is 0 Å². The number of oxazole rings is 1. The Kier molecular flexibility index (Phi) is 10.1. The van der Waals surface area contributed by atoms with Gasteiger partial charge in [0.05, 0.1) is 11.1 Å². The number of alkyl halides is 3. The third-order valence-electron chi connectivity index (χ3n) is 6.89. The molecule has 47 heavy (non-hydrogen) atoms. The highest BCUT2D eigenvalue weighted by molar-refractivity contribution is 6.13. The molecule has 0 saturated heterocycles. The van der Waals surface area contributed by atoms with Crippen LogP contribution in [0.5, 0.6) is 5.75 Å². The van der Waals surface area contributed by atoms with E-state index in [0.717, 1.165) is 0 Å². The minimum absolute atomic E-state index is 0.0125. The summed E-state index contributed by atoms with van der Waals surface area (Å²) >= 11 is 0. The van der Waals surface area contributed by atoms with Gasteiger partial charge in [-0.1, -0.05) is 18.2 Å². The summed E-state index contributed by atoms with van der Waals surface area (Å²) in [5.41, 5.74) is 3.72. The Morgan fingerprint density at radius 3 is 2.13 bits per heavy atom. The van der Waals surface area contributed by atoms with Gasteiger partial charge in [0.15, 0.2) is 5.58 Å². The lowest BCUT2D eigenvalue weighted by Crippen LogP contribution is -2.18. The van der Waals surface area contributed by atoms with Gasteiger partial charge in [-0.05, 0) is 60.2 Å². The van der Waals surface area contributed by atoms with Crippen LogP contribution in [-0.2, 0) is 9.59 Å². The summed E-state index contributed by atoms with van der Waals surface area (Å²) in [4.78, 5) is 35.3. The maximum atomic E-state index is 13.7. The minimum Gasteiger partial charge on any atom is -0.455 e. The van der Waals surface area contributed by atoms with Crippen LogP contribution in [-0.4, -0.2) is 52.0 Å². The maximum Gasteiger partial charge on any atom is 0.573 e. The number of carbonyl (C=O) groups excluding carboxylic acids is 3. The Labute approximate surface area is 265 Å². The second-order valence-corrected chi connectivity index (χ2v) is 9.90. The van der Waals surface area contributed by atoms with Crippen LogP contribution in [0.25, 0.3) is 56.0 Å². The largest absolute Gasteiger partial charge is 0.573 e. The molecule has 1 amide bonds. The van der Waals surface area contributed by atoms with Gasteiger partial charge in [-0.15, -0.1) is 13.2 Å². The molecule has 0 fully saturated rings. The molecule has 0 spiro atoms. The first-order valence-corrected chi connectivity index (χ1v) is 13.6. The molecular formula is C34H27F4N3O6. The molecule has 0 bridgehead atoms. The number of anilines is 1. The summed E-state index contributed by atoms with van der Waals surface area (Å²) in [6.07, 6.45) is -4.95. The monoisotopic (exact) mass is 649 g/mol. The van der Waals surface area contributed by atoms with Gasteiger partial charge < -0.3 is 33.4 Å². The van der Waals surface area contributed by atoms with Crippen molar-refractivity contribution >= 4 is 47.2 Å². The number of halogens is 4. The molecule has 0 atom stereocenters. The zero-order valence-electron chi connectivity index (χ0n) is 25.3. The maximum absolute atomic E-state index is 13.7. The fourth-order valence-corrected chi connectivity index (χ4v) is 4.95. The lowest BCUT2D eigenvalue weighted by Gasteiger charge is -2.19. The number of furan rings is 1. The van der Waals surface area contributed by atoms with Crippen molar-refractivity contribution in [3.63, 3.8) is 0 Å². The molecule has 6 aromatic rings. The molecule has 0 aliphatic carbocycles. The summed E-state index contributed by atoms with van der Waals surface area (Å²) in [5.74, 6) is -1.16. The van der Waals surface area contributed by atoms with Gasteiger partial charge in [0, 0.05) is 49.4 Å². The third-order valence-corrected chi connectivity index (χ3v) is 6.89. The number of nitrogens with one attached hydrogen (secondary N) is 1. The van der Waals surface area contributed by atoms with Crippen molar-refractivity contribution in [2.45, 2.75) is 6.36 Å². The molecular weight excluding hydrogens is 622 g/mol. The van der Waals surface area contributed by atoms with Crippen LogP contribution in [0.3, 0.4) is 0 Å². The zero-order valence-corrected chi connectivity index (χ0v) is 25.3. The van der Waals surface area contributed by atoms with E-state index in [1.165, 1.54) is 49.5 Å². The zero-order chi connectivity index (χ0) is 34.5. The van der Waals surface area contributed by atoms with E-state index in [4.69, 9.17) is 18.4 Å². The molecule has 9 nitrogen and oxygen atoms in total. The highest BCUT2D eigenvalue weighted by Crippen LogP contribution is 2.43. The molecule has 0 aliphatic heterocycles. The number of rotatable bonds is 6. The second-order valence-electron chi connectivity index (χ2n) is 9.90. The van der Waals surface area contributed by atoms with E-state index >= 15 is 0 Å². The fourth-order valence-electron chi connectivity index (χ4n) is 4.95. The number of amides is 1. The summed E-state index contributed by atoms with van der Waals surface area (Å²) in [6.45, 7) is 4.00. The Bertz CT molecular complexity index is 2000. The van der Waals surface area contributed by atoms with E-state index in [-0.39, 0.29) is 22.8 Å². The van der Waals surface area contributed by atoms with Crippen LogP contribution in [0.1, 0.15) is 10.4 Å². The minimum atomic E-state index is -4.95. The van der Waals surface area contributed by atoms with Crippen molar-refractivity contribution < 1.29 is 45.5 Å². The molecule has 2 heterocycles. The number of carbonyl (C=O) groups is 3. The van der Waals surface area contributed by atoms with Crippen LogP contribution >= 0.6 is 0 Å². The standard InChI is InChI=1S/C32H23F4N3O4.2CH2O/c1-37-30(40)28-21-15-20(24(39(2)3)16-27(21)41-29(28)17-8-11-19(33)12-9-17)18-10-13-25(43-32(34,35)36)22(14-18)31-38-23-6-4-5-7-26(23)42-31;2*1-2/h4-16H,1-3H3,(H,37,40);2*1H2. The molecule has 1 N–H and O–H groups in total. The first-order valence-electron chi connectivity index (χ1n) is 13.6. The summed E-state index contributed by atoms with van der Waals surface area (Å²) in [7, 11) is 5.09. The number of hydrogen-bond acceptors (Lipinski definition) is 8. The number of hydrogen-bond donors (Lipinski definition) is 1. The first-order chi connectivity index (χ1) is 22.5. The van der Waals surface area contributed by atoms with Gasteiger partial charge in [0.25, 0.3) is 5.91 Å². The fraction of sp³-hybridized carbons (Fsp3) is 0.118. The van der Waals surface area contributed by atoms with E-state index in [1.807, 2.05) is 18.5 Å². The van der Waals surface area contributed by atoms with Gasteiger partial charge in [-0.3, -0.25) is 4.79 Å². The quantitative estimate of drug-likeness (QED) is 0.183. The van der Waals surface area contributed by atoms with Crippen LogP contribution in [0.4, 0.5) is 23.2 Å². The van der Waals surface area contributed by atoms with Crippen LogP contribution in [0.15, 0.2) is 87.7 Å². The Morgan fingerprint density at radius 1 is 0.851 bits per heavy atom. The smallest absolute Gasteiger partial charge is 0.455 e. The number of benzene rings is 4. The van der Waals surface area contributed by atoms with Crippen molar-refractivity contribution in [3.8, 4) is 39.7 Å².